The highest BCUT2D eigenvalue weighted by molar-refractivity contribution is 7.09. The van der Waals surface area contributed by atoms with Crippen LogP contribution in [-0.2, 0) is 16.0 Å². The van der Waals surface area contributed by atoms with E-state index in [0.29, 0.717) is 22.8 Å². The van der Waals surface area contributed by atoms with Gasteiger partial charge in [0.05, 0.1) is 16.4 Å². The minimum Gasteiger partial charge on any atom is -0.324 e. The topological polar surface area (TPSA) is 71.1 Å². The molecule has 2 N–H and O–H groups in total. The Morgan fingerprint density at radius 2 is 2.09 bits per heavy atom. The molecule has 0 aliphatic heterocycles. The second kappa shape index (κ2) is 7.91. The molecule has 0 aliphatic rings. The molecule has 1 aromatic heterocycles. The van der Waals surface area contributed by atoms with Gasteiger partial charge in [0.25, 0.3) is 0 Å². The molecule has 0 atom stereocenters. The summed E-state index contributed by atoms with van der Waals surface area (Å²) in [4.78, 5) is 27.4. The van der Waals surface area contributed by atoms with Crippen molar-refractivity contribution in [3.05, 3.63) is 39.8 Å². The molecule has 0 radical (unpaired) electrons. The van der Waals surface area contributed by atoms with Crippen molar-refractivity contribution in [3.8, 4) is 0 Å². The first-order valence-electron chi connectivity index (χ1n) is 6.80. The summed E-state index contributed by atoms with van der Waals surface area (Å²) >= 11 is 7.49. The van der Waals surface area contributed by atoms with Crippen molar-refractivity contribution in [2.45, 2.75) is 26.2 Å². The Morgan fingerprint density at radius 1 is 1.27 bits per heavy atom. The van der Waals surface area contributed by atoms with Crippen molar-refractivity contribution >= 4 is 46.1 Å². The molecule has 0 spiro atoms. The molecule has 0 saturated heterocycles. The van der Waals surface area contributed by atoms with Crippen molar-refractivity contribution in [1.29, 1.82) is 0 Å². The number of thiazole rings is 1. The fourth-order valence-electron chi connectivity index (χ4n) is 1.91. The van der Waals surface area contributed by atoms with E-state index >= 15 is 0 Å². The third-order valence-electron chi connectivity index (χ3n) is 2.84. The van der Waals surface area contributed by atoms with Gasteiger partial charge >= 0.3 is 0 Å². The Balaban J connectivity index is 1.91. The predicted molar refractivity (Wildman–Crippen MR) is 89.4 cm³/mol. The van der Waals surface area contributed by atoms with E-state index in [1.165, 1.54) is 6.92 Å². The number of anilines is 2. The first-order chi connectivity index (χ1) is 10.5. The smallest absolute Gasteiger partial charge is 0.224 e. The number of nitrogens with one attached hydrogen (secondary N) is 2. The Morgan fingerprint density at radius 3 is 2.77 bits per heavy atom. The van der Waals surface area contributed by atoms with Gasteiger partial charge in [-0.2, -0.15) is 0 Å². The molecule has 2 aromatic rings. The van der Waals surface area contributed by atoms with E-state index in [1.807, 2.05) is 5.38 Å². The van der Waals surface area contributed by atoms with E-state index in [1.54, 1.807) is 35.7 Å². The van der Waals surface area contributed by atoms with Crippen LogP contribution in [0.1, 0.15) is 24.8 Å². The van der Waals surface area contributed by atoms with Crippen molar-refractivity contribution in [3.63, 3.8) is 0 Å². The standard InChI is InChI=1S/C15H16ClN3O2S/c1-10(20)18-13-9-11(16)5-6-12(13)19-14(21)3-2-4-15-17-7-8-22-15/h5-9H,2-4H2,1H3,(H,18,20)(H,19,21). The van der Waals surface area contributed by atoms with Gasteiger partial charge in [-0.15, -0.1) is 11.3 Å². The van der Waals surface area contributed by atoms with Crippen LogP contribution in [0.3, 0.4) is 0 Å². The zero-order chi connectivity index (χ0) is 15.9. The number of hydrogen-bond donors (Lipinski definition) is 2. The van der Waals surface area contributed by atoms with Crippen LogP contribution in [0, 0.1) is 0 Å². The third kappa shape index (κ3) is 5.13. The minimum absolute atomic E-state index is 0.106. The van der Waals surface area contributed by atoms with Crippen molar-refractivity contribution in [2.24, 2.45) is 0 Å². The zero-order valence-corrected chi connectivity index (χ0v) is 13.6. The number of nitrogens with zero attached hydrogens (tertiary/aromatic N) is 1. The van der Waals surface area contributed by atoms with E-state index in [0.717, 1.165) is 17.8 Å². The number of benzene rings is 1. The highest BCUT2D eigenvalue weighted by Crippen LogP contribution is 2.26. The average Bonchev–Trinajstić information content (AvgIpc) is 2.94. The molecular formula is C15H16ClN3O2S. The molecule has 116 valence electrons. The number of rotatable bonds is 6. The maximum absolute atomic E-state index is 12.0. The number of carbonyl (C=O) groups excluding carboxylic acids is 2. The van der Waals surface area contributed by atoms with Crippen molar-refractivity contribution < 1.29 is 9.59 Å². The van der Waals surface area contributed by atoms with Crippen LogP contribution in [0.2, 0.25) is 5.02 Å². The summed E-state index contributed by atoms with van der Waals surface area (Å²) < 4.78 is 0. The monoisotopic (exact) mass is 337 g/mol. The van der Waals surface area contributed by atoms with Gasteiger partial charge in [-0.25, -0.2) is 4.98 Å². The van der Waals surface area contributed by atoms with Crippen LogP contribution in [-0.4, -0.2) is 16.8 Å². The Kier molecular flexibility index (Phi) is 5.91. The van der Waals surface area contributed by atoms with Crippen LogP contribution >= 0.6 is 22.9 Å². The fourth-order valence-corrected chi connectivity index (χ4v) is 2.74. The fraction of sp³-hybridized carbons (Fsp3) is 0.267. The van der Waals surface area contributed by atoms with Crippen LogP contribution in [0.25, 0.3) is 0 Å². The second-order valence-corrected chi connectivity index (χ2v) is 6.11. The van der Waals surface area contributed by atoms with Crippen molar-refractivity contribution in [1.82, 2.24) is 4.98 Å². The largest absolute Gasteiger partial charge is 0.324 e. The lowest BCUT2D eigenvalue weighted by molar-refractivity contribution is -0.116. The number of halogens is 1. The van der Waals surface area contributed by atoms with E-state index in [2.05, 4.69) is 15.6 Å². The molecule has 0 saturated carbocycles. The number of carbonyl (C=O) groups is 2. The molecule has 5 nitrogen and oxygen atoms in total. The van der Waals surface area contributed by atoms with E-state index < -0.39 is 0 Å². The van der Waals surface area contributed by atoms with Gasteiger partial charge < -0.3 is 10.6 Å². The quantitative estimate of drug-likeness (QED) is 0.844. The summed E-state index contributed by atoms with van der Waals surface area (Å²) in [5.74, 6) is -0.327. The molecule has 1 heterocycles. The third-order valence-corrected chi connectivity index (χ3v) is 3.92. The van der Waals surface area contributed by atoms with Crippen LogP contribution in [0.4, 0.5) is 11.4 Å². The molecule has 22 heavy (non-hydrogen) atoms. The molecular weight excluding hydrogens is 322 g/mol. The number of amides is 2. The van der Waals surface area contributed by atoms with Crippen LogP contribution in [0.5, 0.6) is 0 Å². The molecule has 7 heteroatoms. The van der Waals surface area contributed by atoms with Gasteiger partial charge in [0.15, 0.2) is 0 Å². The summed E-state index contributed by atoms with van der Waals surface area (Å²) in [7, 11) is 0. The lowest BCUT2D eigenvalue weighted by Crippen LogP contribution is -2.15. The Labute approximate surface area is 137 Å². The number of aryl methyl sites for hydroxylation is 1. The van der Waals surface area contributed by atoms with Gasteiger partial charge in [0.1, 0.15) is 0 Å². The summed E-state index contributed by atoms with van der Waals surface area (Å²) in [5, 5.41) is 8.88. The second-order valence-electron chi connectivity index (χ2n) is 4.70. The van der Waals surface area contributed by atoms with Gasteiger partial charge in [-0.1, -0.05) is 11.6 Å². The highest BCUT2D eigenvalue weighted by Gasteiger charge is 2.09. The van der Waals surface area contributed by atoms with Crippen molar-refractivity contribution in [2.75, 3.05) is 10.6 Å². The van der Waals surface area contributed by atoms with E-state index in [4.69, 9.17) is 11.6 Å². The summed E-state index contributed by atoms with van der Waals surface area (Å²) in [6.07, 6.45) is 3.65. The zero-order valence-electron chi connectivity index (χ0n) is 12.1. The van der Waals surface area contributed by atoms with Gasteiger partial charge in [0.2, 0.25) is 11.8 Å². The Hall–Kier alpha value is -1.92. The highest BCUT2D eigenvalue weighted by atomic mass is 35.5. The maximum atomic E-state index is 12.0. The molecule has 0 fully saturated rings. The first-order valence-corrected chi connectivity index (χ1v) is 8.05. The van der Waals surface area contributed by atoms with Gasteiger partial charge in [-0.3, -0.25) is 9.59 Å². The molecule has 0 unspecified atom stereocenters. The maximum Gasteiger partial charge on any atom is 0.224 e. The van der Waals surface area contributed by atoms with Crippen LogP contribution in [0.15, 0.2) is 29.8 Å². The minimum atomic E-state index is -0.221. The average molecular weight is 338 g/mol. The van der Waals surface area contributed by atoms with Gasteiger partial charge in [0, 0.05) is 29.9 Å². The molecule has 1 aromatic carbocycles. The number of aromatic nitrogens is 1. The summed E-state index contributed by atoms with van der Waals surface area (Å²) in [6, 6.07) is 4.94. The normalized spacial score (nSPS) is 10.3. The predicted octanol–water partition coefficient (Wildman–Crippen LogP) is 3.72. The number of hydrogen-bond acceptors (Lipinski definition) is 4. The molecule has 0 aliphatic carbocycles. The van der Waals surface area contributed by atoms with E-state index in [9.17, 15) is 9.59 Å². The summed E-state index contributed by atoms with van der Waals surface area (Å²) in [5.41, 5.74) is 1.03. The van der Waals surface area contributed by atoms with Gasteiger partial charge in [-0.05, 0) is 31.0 Å². The SMILES string of the molecule is CC(=O)Nc1cc(Cl)ccc1NC(=O)CCCc1nccs1. The summed E-state index contributed by atoms with van der Waals surface area (Å²) in [6.45, 7) is 1.40. The molecule has 2 amide bonds. The first kappa shape index (κ1) is 16.5. The molecule has 2 rings (SSSR count). The Bertz CT molecular complexity index is 659. The lowest BCUT2D eigenvalue weighted by atomic mass is 10.2. The van der Waals surface area contributed by atoms with E-state index in [-0.39, 0.29) is 11.8 Å². The van der Waals surface area contributed by atoms with Crippen LogP contribution < -0.4 is 10.6 Å². The lowest BCUT2D eigenvalue weighted by Gasteiger charge is -2.11. The molecule has 0 bridgehead atoms.